The molecule has 104 valence electrons. The number of ether oxygens (including phenoxy) is 1. The molecule has 0 aliphatic carbocycles. The van der Waals surface area contributed by atoms with Crippen molar-refractivity contribution in [1.29, 1.82) is 0 Å². The maximum atomic E-state index is 14.0. The number of benzene rings is 1. The molecule has 5 heteroatoms. The summed E-state index contributed by atoms with van der Waals surface area (Å²) in [7, 11) is 1.66. The van der Waals surface area contributed by atoms with Crippen molar-refractivity contribution in [1.82, 2.24) is 0 Å². The minimum absolute atomic E-state index is 0.0345. The van der Waals surface area contributed by atoms with Crippen molar-refractivity contribution in [2.75, 3.05) is 25.1 Å². The monoisotopic (exact) mass is 267 g/mol. The fourth-order valence-electron chi connectivity index (χ4n) is 2.47. The standard InChI is InChI=1S/C14H18FNO3/c1-14(19-2)6-3-7-16(9-14)12-5-4-10(13(17)18)8-11(12)15/h4-5,8H,3,6-7,9H2,1-2H3,(H,17,18). The maximum Gasteiger partial charge on any atom is 0.335 e. The van der Waals surface area contributed by atoms with E-state index in [0.717, 1.165) is 25.5 Å². The predicted molar refractivity (Wildman–Crippen MR) is 70.2 cm³/mol. The molecule has 0 bridgehead atoms. The van der Waals surface area contributed by atoms with Gasteiger partial charge in [0.1, 0.15) is 5.82 Å². The molecule has 1 unspecified atom stereocenters. The van der Waals surface area contributed by atoms with Gasteiger partial charge in [0, 0.05) is 20.2 Å². The largest absolute Gasteiger partial charge is 0.478 e. The molecule has 1 N–H and O–H groups in total. The van der Waals surface area contributed by atoms with Gasteiger partial charge in [-0.25, -0.2) is 9.18 Å². The highest BCUT2D eigenvalue weighted by Crippen LogP contribution is 2.29. The van der Waals surface area contributed by atoms with Gasteiger partial charge in [-0.05, 0) is 38.0 Å². The average molecular weight is 267 g/mol. The Morgan fingerprint density at radius 1 is 1.53 bits per heavy atom. The Morgan fingerprint density at radius 2 is 2.26 bits per heavy atom. The SMILES string of the molecule is COC1(C)CCCN(c2ccc(C(=O)O)cc2F)C1. The van der Waals surface area contributed by atoms with Crippen molar-refractivity contribution in [2.24, 2.45) is 0 Å². The van der Waals surface area contributed by atoms with Crippen LogP contribution in [0.5, 0.6) is 0 Å². The van der Waals surface area contributed by atoms with Crippen molar-refractivity contribution in [3.05, 3.63) is 29.6 Å². The smallest absolute Gasteiger partial charge is 0.335 e. The number of halogens is 1. The molecule has 4 nitrogen and oxygen atoms in total. The van der Waals surface area contributed by atoms with Gasteiger partial charge in [0.15, 0.2) is 0 Å². The summed E-state index contributed by atoms with van der Waals surface area (Å²) in [6.45, 7) is 3.36. The summed E-state index contributed by atoms with van der Waals surface area (Å²) < 4.78 is 19.5. The summed E-state index contributed by atoms with van der Waals surface area (Å²) in [6.07, 6.45) is 1.86. The highest BCUT2D eigenvalue weighted by atomic mass is 19.1. The van der Waals surface area contributed by atoms with Gasteiger partial charge >= 0.3 is 5.97 Å². The molecule has 0 saturated carbocycles. The number of nitrogens with zero attached hydrogens (tertiary/aromatic N) is 1. The van der Waals surface area contributed by atoms with Crippen LogP contribution in [0.25, 0.3) is 0 Å². The quantitative estimate of drug-likeness (QED) is 0.914. The lowest BCUT2D eigenvalue weighted by Gasteiger charge is -2.40. The zero-order valence-corrected chi connectivity index (χ0v) is 11.1. The molecule has 1 heterocycles. The van der Waals surface area contributed by atoms with E-state index in [9.17, 15) is 9.18 Å². The first-order chi connectivity index (χ1) is 8.95. The predicted octanol–water partition coefficient (Wildman–Crippen LogP) is 2.53. The number of piperidine rings is 1. The molecule has 0 radical (unpaired) electrons. The number of rotatable bonds is 3. The van der Waals surface area contributed by atoms with Gasteiger partial charge in [0.25, 0.3) is 0 Å². The van der Waals surface area contributed by atoms with Crippen molar-refractivity contribution in [2.45, 2.75) is 25.4 Å². The van der Waals surface area contributed by atoms with E-state index in [1.54, 1.807) is 7.11 Å². The number of hydrogen-bond acceptors (Lipinski definition) is 3. The minimum Gasteiger partial charge on any atom is -0.478 e. The fraction of sp³-hybridized carbons (Fsp3) is 0.500. The molecule has 1 aromatic rings. The van der Waals surface area contributed by atoms with Crippen LogP contribution in [0.3, 0.4) is 0 Å². The van der Waals surface area contributed by atoms with Gasteiger partial charge in [0.2, 0.25) is 0 Å². The van der Waals surface area contributed by atoms with E-state index in [0.29, 0.717) is 12.2 Å². The van der Waals surface area contributed by atoms with E-state index < -0.39 is 11.8 Å². The molecule has 1 aromatic carbocycles. The number of aromatic carboxylic acids is 1. The highest BCUT2D eigenvalue weighted by molar-refractivity contribution is 5.88. The first-order valence-electron chi connectivity index (χ1n) is 6.28. The van der Waals surface area contributed by atoms with Crippen LogP contribution in [0, 0.1) is 5.82 Å². The molecule has 1 aliphatic heterocycles. The van der Waals surface area contributed by atoms with E-state index in [2.05, 4.69) is 0 Å². The number of carboxylic acid groups (broad SMARTS) is 1. The van der Waals surface area contributed by atoms with E-state index in [1.807, 2.05) is 11.8 Å². The van der Waals surface area contributed by atoms with Crippen LogP contribution in [0.4, 0.5) is 10.1 Å². The molecule has 1 saturated heterocycles. The van der Waals surface area contributed by atoms with Crippen LogP contribution in [-0.2, 0) is 4.74 Å². The van der Waals surface area contributed by atoms with Crippen molar-refractivity contribution < 1.29 is 19.0 Å². The first-order valence-corrected chi connectivity index (χ1v) is 6.28. The summed E-state index contributed by atoms with van der Waals surface area (Å²) in [6, 6.07) is 4.02. The molecule has 1 aliphatic rings. The summed E-state index contributed by atoms with van der Waals surface area (Å²) in [5.74, 6) is -1.62. The third-order valence-electron chi connectivity index (χ3n) is 3.69. The van der Waals surface area contributed by atoms with Crippen molar-refractivity contribution >= 4 is 11.7 Å². The van der Waals surface area contributed by atoms with Crippen LogP contribution in [0.15, 0.2) is 18.2 Å². The first kappa shape index (κ1) is 13.8. The van der Waals surface area contributed by atoms with Crippen LogP contribution >= 0.6 is 0 Å². The van der Waals surface area contributed by atoms with E-state index in [1.165, 1.54) is 12.1 Å². The number of hydrogen-bond donors (Lipinski definition) is 1. The van der Waals surface area contributed by atoms with Gasteiger partial charge in [-0.2, -0.15) is 0 Å². The Bertz CT molecular complexity index is 492. The lowest BCUT2D eigenvalue weighted by atomic mass is 9.94. The fourth-order valence-corrected chi connectivity index (χ4v) is 2.47. The topological polar surface area (TPSA) is 49.8 Å². The summed E-state index contributed by atoms with van der Waals surface area (Å²) in [5, 5.41) is 8.83. The van der Waals surface area contributed by atoms with E-state index >= 15 is 0 Å². The Hall–Kier alpha value is -1.62. The van der Waals surface area contributed by atoms with Crippen LogP contribution in [0.2, 0.25) is 0 Å². The highest BCUT2D eigenvalue weighted by Gasteiger charge is 2.31. The molecule has 19 heavy (non-hydrogen) atoms. The minimum atomic E-state index is -1.12. The van der Waals surface area contributed by atoms with Gasteiger partial charge in [-0.15, -0.1) is 0 Å². The van der Waals surface area contributed by atoms with Gasteiger partial charge in [-0.1, -0.05) is 0 Å². The number of carbonyl (C=O) groups is 1. The Kier molecular flexibility index (Phi) is 3.75. The van der Waals surface area contributed by atoms with E-state index in [4.69, 9.17) is 9.84 Å². The normalized spacial score (nSPS) is 23.4. The maximum absolute atomic E-state index is 14.0. The van der Waals surface area contributed by atoms with E-state index in [-0.39, 0.29) is 11.2 Å². The third-order valence-corrected chi connectivity index (χ3v) is 3.69. The molecule has 0 spiro atoms. The molecule has 0 aromatic heterocycles. The Labute approximate surface area is 111 Å². The van der Waals surface area contributed by atoms with Gasteiger partial charge < -0.3 is 14.7 Å². The van der Waals surface area contributed by atoms with Gasteiger partial charge in [-0.3, -0.25) is 0 Å². The van der Waals surface area contributed by atoms with Crippen LogP contribution in [-0.4, -0.2) is 36.9 Å². The number of methoxy groups -OCH3 is 1. The summed E-state index contributed by atoms with van der Waals surface area (Å²) >= 11 is 0. The second kappa shape index (κ2) is 5.17. The van der Waals surface area contributed by atoms with Crippen molar-refractivity contribution in [3.63, 3.8) is 0 Å². The zero-order chi connectivity index (χ0) is 14.0. The molecular weight excluding hydrogens is 249 g/mol. The number of carboxylic acids is 1. The third kappa shape index (κ3) is 2.87. The molecule has 1 atom stereocenters. The Balaban J connectivity index is 2.24. The molecular formula is C14H18FNO3. The second-order valence-electron chi connectivity index (χ2n) is 5.15. The summed E-state index contributed by atoms with van der Waals surface area (Å²) in [5.41, 5.74) is 0.122. The molecule has 2 rings (SSSR count). The zero-order valence-electron chi connectivity index (χ0n) is 11.1. The lowest BCUT2D eigenvalue weighted by molar-refractivity contribution is -0.00477. The molecule has 1 fully saturated rings. The average Bonchev–Trinajstić information content (AvgIpc) is 2.38. The molecule has 0 amide bonds. The van der Waals surface area contributed by atoms with Gasteiger partial charge in [0.05, 0.1) is 16.9 Å². The second-order valence-corrected chi connectivity index (χ2v) is 5.15. The summed E-state index contributed by atoms with van der Waals surface area (Å²) in [4.78, 5) is 12.7. The van der Waals surface area contributed by atoms with Crippen LogP contribution in [0.1, 0.15) is 30.1 Å². The Morgan fingerprint density at radius 3 is 2.84 bits per heavy atom. The lowest BCUT2D eigenvalue weighted by Crippen LogP contribution is -2.47. The number of anilines is 1. The van der Waals surface area contributed by atoms with Crippen molar-refractivity contribution in [3.8, 4) is 0 Å². The van der Waals surface area contributed by atoms with Crippen LogP contribution < -0.4 is 4.90 Å².